The fourth-order valence-corrected chi connectivity index (χ4v) is 3.57. The van der Waals surface area contributed by atoms with E-state index >= 15 is 0 Å². The summed E-state index contributed by atoms with van der Waals surface area (Å²) in [5.74, 6) is 2.44. The van der Waals surface area contributed by atoms with Gasteiger partial charge >= 0.3 is 0 Å². The van der Waals surface area contributed by atoms with E-state index < -0.39 is 0 Å². The highest BCUT2D eigenvalue weighted by atomic mass is 16.7. The number of hydrogen-bond acceptors (Lipinski definition) is 6. The number of anilines is 1. The molecule has 1 amide bonds. The fourth-order valence-electron chi connectivity index (χ4n) is 3.57. The van der Waals surface area contributed by atoms with E-state index in [0.29, 0.717) is 25.4 Å². The Bertz CT molecular complexity index is 869. The second kappa shape index (κ2) is 7.91. The molecule has 2 aromatic rings. The van der Waals surface area contributed by atoms with E-state index in [2.05, 4.69) is 42.0 Å². The van der Waals surface area contributed by atoms with Crippen LogP contribution in [0.5, 0.6) is 11.5 Å². The average molecular weight is 396 g/mol. The number of fused-ring (bicyclic) bond motifs is 1. The van der Waals surface area contributed by atoms with Gasteiger partial charge in [-0.25, -0.2) is 4.98 Å². The summed E-state index contributed by atoms with van der Waals surface area (Å²) in [5.41, 5.74) is 1.76. The van der Waals surface area contributed by atoms with Gasteiger partial charge in [-0.3, -0.25) is 9.69 Å². The Hall–Kier alpha value is -2.80. The molecule has 3 heterocycles. The van der Waals surface area contributed by atoms with Crippen molar-refractivity contribution < 1.29 is 14.3 Å². The molecular weight excluding hydrogens is 368 g/mol. The number of piperazine rings is 1. The van der Waals surface area contributed by atoms with Gasteiger partial charge in [0, 0.05) is 44.5 Å². The first kappa shape index (κ1) is 19.5. The Kier molecular flexibility index (Phi) is 5.32. The number of pyridine rings is 1. The van der Waals surface area contributed by atoms with Crippen molar-refractivity contribution in [2.75, 3.05) is 38.3 Å². The summed E-state index contributed by atoms with van der Waals surface area (Å²) in [6, 6.07) is 9.79. The van der Waals surface area contributed by atoms with Gasteiger partial charge in [0.1, 0.15) is 5.82 Å². The topological polar surface area (TPSA) is 66.9 Å². The standard InChI is InChI=1S/C22H28N4O3/c1-22(2,3)24-20-7-5-17(13-23-20)21(27)26-10-8-25(9-11-26)14-16-4-6-18-19(12-16)29-15-28-18/h4-7,12-13H,8-11,14-15H2,1-3H3,(H,23,24). The van der Waals surface area contributed by atoms with E-state index in [-0.39, 0.29) is 11.4 Å². The molecule has 7 nitrogen and oxygen atoms in total. The van der Waals surface area contributed by atoms with E-state index in [1.165, 1.54) is 5.56 Å². The van der Waals surface area contributed by atoms with E-state index in [1.807, 2.05) is 29.2 Å². The highest BCUT2D eigenvalue weighted by Crippen LogP contribution is 2.32. The zero-order valence-corrected chi connectivity index (χ0v) is 17.3. The number of ether oxygens (including phenoxy) is 2. The van der Waals surface area contributed by atoms with Crippen LogP contribution in [0, 0.1) is 0 Å². The minimum Gasteiger partial charge on any atom is -0.454 e. The molecule has 0 unspecified atom stereocenters. The number of hydrogen-bond donors (Lipinski definition) is 1. The molecule has 0 spiro atoms. The fraction of sp³-hybridized carbons (Fsp3) is 0.455. The second-order valence-corrected chi connectivity index (χ2v) is 8.56. The number of nitrogens with one attached hydrogen (secondary N) is 1. The smallest absolute Gasteiger partial charge is 0.255 e. The van der Waals surface area contributed by atoms with E-state index in [1.54, 1.807) is 6.20 Å². The first-order valence-electron chi connectivity index (χ1n) is 10.0. The summed E-state index contributed by atoms with van der Waals surface area (Å²) in [4.78, 5) is 21.5. The largest absolute Gasteiger partial charge is 0.454 e. The van der Waals surface area contributed by atoms with Crippen molar-refractivity contribution in [2.24, 2.45) is 0 Å². The van der Waals surface area contributed by atoms with Crippen molar-refractivity contribution in [3.05, 3.63) is 47.7 Å². The normalized spacial score (nSPS) is 16.7. The van der Waals surface area contributed by atoms with Crippen molar-refractivity contribution in [2.45, 2.75) is 32.9 Å². The molecule has 0 aliphatic carbocycles. The second-order valence-electron chi connectivity index (χ2n) is 8.56. The lowest BCUT2D eigenvalue weighted by molar-refractivity contribution is 0.0628. The number of benzene rings is 1. The summed E-state index contributed by atoms with van der Waals surface area (Å²) in [6.45, 7) is 10.5. The van der Waals surface area contributed by atoms with Crippen molar-refractivity contribution in [1.82, 2.24) is 14.8 Å². The van der Waals surface area contributed by atoms with Gasteiger partial charge in [-0.1, -0.05) is 6.07 Å². The Morgan fingerprint density at radius 1 is 1.07 bits per heavy atom. The maximum absolute atomic E-state index is 12.8. The van der Waals surface area contributed by atoms with Gasteiger partial charge in [0.05, 0.1) is 5.56 Å². The van der Waals surface area contributed by atoms with Crippen molar-refractivity contribution >= 4 is 11.7 Å². The Labute approximate surface area is 171 Å². The van der Waals surface area contributed by atoms with E-state index in [9.17, 15) is 4.79 Å². The number of rotatable bonds is 4. The molecule has 1 fully saturated rings. The minimum absolute atomic E-state index is 0.0440. The molecule has 7 heteroatoms. The molecule has 2 aliphatic heterocycles. The number of aromatic nitrogens is 1. The maximum atomic E-state index is 12.8. The van der Waals surface area contributed by atoms with Crippen molar-refractivity contribution in [3.8, 4) is 11.5 Å². The zero-order chi connectivity index (χ0) is 20.4. The first-order chi connectivity index (χ1) is 13.9. The van der Waals surface area contributed by atoms with Crippen molar-refractivity contribution in [3.63, 3.8) is 0 Å². The average Bonchev–Trinajstić information content (AvgIpc) is 3.15. The number of carbonyl (C=O) groups is 1. The van der Waals surface area contributed by atoms with Gasteiger partial charge in [-0.15, -0.1) is 0 Å². The summed E-state index contributed by atoms with van der Waals surface area (Å²) < 4.78 is 10.8. The van der Waals surface area contributed by atoms with Crippen LogP contribution in [0.4, 0.5) is 5.82 Å². The highest BCUT2D eigenvalue weighted by Gasteiger charge is 2.23. The number of nitrogens with zero attached hydrogens (tertiary/aromatic N) is 3. The highest BCUT2D eigenvalue weighted by molar-refractivity contribution is 5.94. The quantitative estimate of drug-likeness (QED) is 0.857. The molecule has 0 bridgehead atoms. The van der Waals surface area contributed by atoms with Crippen LogP contribution in [-0.4, -0.2) is 59.2 Å². The van der Waals surface area contributed by atoms with Crippen LogP contribution in [0.25, 0.3) is 0 Å². The van der Waals surface area contributed by atoms with Crippen LogP contribution in [0.15, 0.2) is 36.5 Å². The number of amides is 1. The predicted molar refractivity (Wildman–Crippen MR) is 111 cm³/mol. The van der Waals surface area contributed by atoms with Gasteiger partial charge < -0.3 is 19.7 Å². The van der Waals surface area contributed by atoms with Gasteiger partial charge in [0.15, 0.2) is 11.5 Å². The molecule has 1 N–H and O–H groups in total. The lowest BCUT2D eigenvalue weighted by Crippen LogP contribution is -2.48. The van der Waals surface area contributed by atoms with Crippen LogP contribution in [0.2, 0.25) is 0 Å². The zero-order valence-electron chi connectivity index (χ0n) is 17.3. The van der Waals surface area contributed by atoms with Gasteiger partial charge in [-0.2, -0.15) is 0 Å². The molecular formula is C22H28N4O3. The Balaban J connectivity index is 1.30. The van der Waals surface area contributed by atoms with Crippen LogP contribution in [0.3, 0.4) is 0 Å². The van der Waals surface area contributed by atoms with Crippen molar-refractivity contribution in [1.29, 1.82) is 0 Å². The lowest BCUT2D eigenvalue weighted by atomic mass is 10.1. The molecule has 1 aromatic heterocycles. The Morgan fingerprint density at radius 2 is 1.83 bits per heavy atom. The molecule has 0 radical (unpaired) electrons. The molecule has 1 aromatic carbocycles. The third-order valence-corrected chi connectivity index (χ3v) is 5.02. The van der Waals surface area contributed by atoms with Gasteiger partial charge in [0.25, 0.3) is 5.91 Å². The Morgan fingerprint density at radius 3 is 2.52 bits per heavy atom. The van der Waals surface area contributed by atoms with Gasteiger partial charge in [0.2, 0.25) is 6.79 Å². The summed E-state index contributed by atoms with van der Waals surface area (Å²) >= 11 is 0. The molecule has 29 heavy (non-hydrogen) atoms. The number of carbonyl (C=O) groups excluding carboxylic acids is 1. The SMILES string of the molecule is CC(C)(C)Nc1ccc(C(=O)N2CCN(Cc3ccc4c(c3)OCO4)CC2)cn1. The summed E-state index contributed by atoms with van der Waals surface area (Å²) in [7, 11) is 0. The molecule has 0 atom stereocenters. The summed E-state index contributed by atoms with van der Waals surface area (Å²) in [6.07, 6.45) is 1.66. The van der Waals surface area contributed by atoms with Crippen LogP contribution in [-0.2, 0) is 6.54 Å². The van der Waals surface area contributed by atoms with E-state index in [0.717, 1.165) is 37.0 Å². The molecule has 1 saturated heterocycles. The monoisotopic (exact) mass is 396 g/mol. The van der Waals surface area contributed by atoms with Crippen LogP contribution in [0.1, 0.15) is 36.7 Å². The van der Waals surface area contributed by atoms with Crippen LogP contribution >= 0.6 is 0 Å². The molecule has 2 aliphatic rings. The van der Waals surface area contributed by atoms with Crippen LogP contribution < -0.4 is 14.8 Å². The van der Waals surface area contributed by atoms with E-state index in [4.69, 9.17) is 9.47 Å². The third-order valence-electron chi connectivity index (χ3n) is 5.02. The predicted octanol–water partition coefficient (Wildman–Crippen LogP) is 2.98. The third kappa shape index (κ3) is 4.79. The lowest BCUT2D eigenvalue weighted by Gasteiger charge is -2.34. The first-order valence-corrected chi connectivity index (χ1v) is 10.0. The molecule has 4 rings (SSSR count). The minimum atomic E-state index is -0.0627. The maximum Gasteiger partial charge on any atom is 0.255 e. The molecule has 0 saturated carbocycles. The van der Waals surface area contributed by atoms with Gasteiger partial charge in [-0.05, 0) is 50.6 Å². The summed E-state index contributed by atoms with van der Waals surface area (Å²) in [5, 5.41) is 3.31. The molecule has 154 valence electrons.